The van der Waals surface area contributed by atoms with Crippen molar-refractivity contribution in [3.05, 3.63) is 88.5 Å². The lowest BCUT2D eigenvalue weighted by Gasteiger charge is -2.06. The van der Waals surface area contributed by atoms with Crippen LogP contribution < -0.4 is 21.1 Å². The van der Waals surface area contributed by atoms with Crippen molar-refractivity contribution in [1.82, 2.24) is 14.2 Å². The molecular formula is C23H21N5O4. The van der Waals surface area contributed by atoms with E-state index in [1.807, 2.05) is 25.1 Å². The zero-order chi connectivity index (χ0) is 22.7. The normalized spacial score (nSPS) is 10.7. The monoisotopic (exact) mass is 431 g/mol. The number of fused-ring (bicyclic) bond motifs is 1. The summed E-state index contributed by atoms with van der Waals surface area (Å²) in [4.78, 5) is 37.7. The highest BCUT2D eigenvalue weighted by atomic mass is 16.5. The number of benzene rings is 2. The standard InChI is InChI=1S/C23H21N5O4/c1-15-5-3-6-17(11-15)25-22(30)16-9-10-20-26-28(23(31)27(20)13-16)14-21(29)24-18-7-4-8-19(12-18)32-2/h3-13H,14H2,1-2H3,(H,24,29)(H,25,30). The number of hydrogen-bond donors (Lipinski definition) is 2. The molecule has 0 saturated heterocycles. The molecule has 0 radical (unpaired) electrons. The minimum absolute atomic E-state index is 0.275. The summed E-state index contributed by atoms with van der Waals surface area (Å²) in [5.74, 6) is -0.168. The summed E-state index contributed by atoms with van der Waals surface area (Å²) in [5, 5.41) is 9.68. The Morgan fingerprint density at radius 3 is 2.50 bits per heavy atom. The third-order valence-corrected chi connectivity index (χ3v) is 4.76. The molecule has 0 fully saturated rings. The van der Waals surface area contributed by atoms with Crippen LogP contribution in [-0.4, -0.2) is 33.1 Å². The first-order chi connectivity index (χ1) is 15.4. The molecule has 0 bridgehead atoms. The van der Waals surface area contributed by atoms with Crippen LogP contribution in [0.2, 0.25) is 0 Å². The molecule has 2 heterocycles. The van der Waals surface area contributed by atoms with Crippen molar-refractivity contribution in [2.45, 2.75) is 13.5 Å². The minimum Gasteiger partial charge on any atom is -0.497 e. The Balaban J connectivity index is 1.51. The maximum absolute atomic E-state index is 12.7. The molecule has 0 aliphatic heterocycles. The Morgan fingerprint density at radius 1 is 1.00 bits per heavy atom. The number of rotatable bonds is 6. The number of ether oxygens (including phenoxy) is 1. The Hall–Kier alpha value is -4.40. The molecular weight excluding hydrogens is 410 g/mol. The van der Waals surface area contributed by atoms with Crippen LogP contribution in [0.3, 0.4) is 0 Å². The number of pyridine rings is 1. The maximum Gasteiger partial charge on any atom is 0.350 e. The van der Waals surface area contributed by atoms with Gasteiger partial charge in [0, 0.05) is 23.6 Å². The van der Waals surface area contributed by atoms with Gasteiger partial charge in [0.2, 0.25) is 5.91 Å². The molecule has 162 valence electrons. The number of carbonyl (C=O) groups is 2. The van der Waals surface area contributed by atoms with E-state index in [1.54, 1.807) is 42.5 Å². The molecule has 9 heteroatoms. The van der Waals surface area contributed by atoms with Gasteiger partial charge in [-0.15, -0.1) is 5.10 Å². The van der Waals surface area contributed by atoms with E-state index in [-0.39, 0.29) is 12.5 Å². The first-order valence-corrected chi connectivity index (χ1v) is 9.84. The molecule has 0 saturated carbocycles. The average molecular weight is 431 g/mol. The third-order valence-electron chi connectivity index (χ3n) is 4.76. The van der Waals surface area contributed by atoms with E-state index in [9.17, 15) is 14.4 Å². The van der Waals surface area contributed by atoms with Crippen molar-refractivity contribution in [2.24, 2.45) is 0 Å². The van der Waals surface area contributed by atoms with Crippen molar-refractivity contribution in [2.75, 3.05) is 17.7 Å². The van der Waals surface area contributed by atoms with Gasteiger partial charge < -0.3 is 15.4 Å². The lowest BCUT2D eigenvalue weighted by molar-refractivity contribution is -0.117. The number of methoxy groups -OCH3 is 1. The molecule has 2 aromatic carbocycles. The second kappa shape index (κ2) is 8.76. The van der Waals surface area contributed by atoms with Crippen molar-refractivity contribution < 1.29 is 14.3 Å². The second-order valence-electron chi connectivity index (χ2n) is 7.19. The number of anilines is 2. The number of aromatic nitrogens is 3. The predicted octanol–water partition coefficient (Wildman–Crippen LogP) is 2.70. The van der Waals surface area contributed by atoms with E-state index in [2.05, 4.69) is 15.7 Å². The SMILES string of the molecule is COc1cccc(NC(=O)Cn2nc3ccc(C(=O)Nc4cccc(C)c4)cn3c2=O)c1. The fourth-order valence-corrected chi connectivity index (χ4v) is 3.22. The quantitative estimate of drug-likeness (QED) is 0.488. The van der Waals surface area contributed by atoms with E-state index in [4.69, 9.17) is 4.74 Å². The van der Waals surface area contributed by atoms with E-state index in [0.29, 0.717) is 28.3 Å². The van der Waals surface area contributed by atoms with Crippen molar-refractivity contribution in [1.29, 1.82) is 0 Å². The van der Waals surface area contributed by atoms with Gasteiger partial charge in [-0.05, 0) is 48.9 Å². The lowest BCUT2D eigenvalue weighted by Crippen LogP contribution is -2.28. The van der Waals surface area contributed by atoms with Crippen LogP contribution >= 0.6 is 0 Å². The fourth-order valence-electron chi connectivity index (χ4n) is 3.22. The fraction of sp³-hybridized carbons (Fsp3) is 0.130. The summed E-state index contributed by atoms with van der Waals surface area (Å²) in [5.41, 5.74) is 2.32. The Kier molecular flexibility index (Phi) is 5.71. The maximum atomic E-state index is 12.7. The first kappa shape index (κ1) is 20.9. The molecule has 9 nitrogen and oxygen atoms in total. The Labute approximate surface area is 183 Å². The molecule has 2 amide bonds. The highest BCUT2D eigenvalue weighted by Gasteiger charge is 2.14. The highest BCUT2D eigenvalue weighted by molar-refractivity contribution is 6.04. The highest BCUT2D eigenvalue weighted by Crippen LogP contribution is 2.16. The molecule has 0 atom stereocenters. The zero-order valence-electron chi connectivity index (χ0n) is 17.5. The molecule has 0 spiro atoms. The van der Waals surface area contributed by atoms with Gasteiger partial charge in [0.25, 0.3) is 5.91 Å². The van der Waals surface area contributed by atoms with Crippen molar-refractivity contribution >= 4 is 28.8 Å². The van der Waals surface area contributed by atoms with Gasteiger partial charge in [-0.3, -0.25) is 9.59 Å². The first-order valence-electron chi connectivity index (χ1n) is 9.84. The summed E-state index contributed by atoms with van der Waals surface area (Å²) in [6.07, 6.45) is 1.41. The van der Waals surface area contributed by atoms with Crippen LogP contribution in [0.15, 0.2) is 71.7 Å². The van der Waals surface area contributed by atoms with Crippen LogP contribution in [0.5, 0.6) is 5.75 Å². The molecule has 0 aliphatic rings. The second-order valence-corrected chi connectivity index (χ2v) is 7.19. The van der Waals surface area contributed by atoms with E-state index >= 15 is 0 Å². The summed E-state index contributed by atoms with van der Waals surface area (Å²) >= 11 is 0. The van der Waals surface area contributed by atoms with Crippen LogP contribution in [-0.2, 0) is 11.3 Å². The molecule has 0 aliphatic carbocycles. The molecule has 4 rings (SSSR count). The number of nitrogens with zero attached hydrogens (tertiary/aromatic N) is 3. The summed E-state index contributed by atoms with van der Waals surface area (Å²) in [6, 6.07) is 17.4. The topological polar surface area (TPSA) is 107 Å². The van der Waals surface area contributed by atoms with Gasteiger partial charge in [0.05, 0.1) is 12.7 Å². The minimum atomic E-state index is -0.522. The summed E-state index contributed by atoms with van der Waals surface area (Å²) in [7, 11) is 1.53. The Morgan fingerprint density at radius 2 is 1.75 bits per heavy atom. The summed E-state index contributed by atoms with van der Waals surface area (Å²) < 4.78 is 7.42. The number of hydrogen-bond acceptors (Lipinski definition) is 5. The van der Waals surface area contributed by atoms with Crippen molar-refractivity contribution in [3.8, 4) is 5.75 Å². The van der Waals surface area contributed by atoms with Gasteiger partial charge in [-0.2, -0.15) is 0 Å². The number of nitrogens with one attached hydrogen (secondary N) is 2. The molecule has 4 aromatic rings. The zero-order valence-corrected chi connectivity index (χ0v) is 17.5. The largest absolute Gasteiger partial charge is 0.497 e. The van der Waals surface area contributed by atoms with E-state index in [1.165, 1.54) is 17.7 Å². The number of aryl methyl sites for hydroxylation is 1. The van der Waals surface area contributed by atoms with Gasteiger partial charge in [0.1, 0.15) is 12.3 Å². The van der Waals surface area contributed by atoms with E-state index < -0.39 is 11.6 Å². The molecule has 2 N–H and O–H groups in total. The third kappa shape index (κ3) is 4.51. The predicted molar refractivity (Wildman–Crippen MR) is 120 cm³/mol. The van der Waals surface area contributed by atoms with Gasteiger partial charge >= 0.3 is 5.69 Å². The van der Waals surface area contributed by atoms with Crippen LogP contribution in [0.25, 0.3) is 5.65 Å². The van der Waals surface area contributed by atoms with Crippen LogP contribution in [0, 0.1) is 6.92 Å². The summed E-state index contributed by atoms with van der Waals surface area (Å²) in [6.45, 7) is 1.66. The lowest BCUT2D eigenvalue weighted by atomic mass is 10.2. The molecule has 0 unspecified atom stereocenters. The van der Waals surface area contributed by atoms with Crippen molar-refractivity contribution in [3.63, 3.8) is 0 Å². The van der Waals surface area contributed by atoms with Crippen LogP contribution in [0.1, 0.15) is 15.9 Å². The van der Waals surface area contributed by atoms with Gasteiger partial charge in [0.15, 0.2) is 5.65 Å². The van der Waals surface area contributed by atoms with Crippen LogP contribution in [0.4, 0.5) is 11.4 Å². The Bertz CT molecular complexity index is 1370. The smallest absolute Gasteiger partial charge is 0.350 e. The number of amides is 2. The van der Waals surface area contributed by atoms with Gasteiger partial charge in [-0.25, -0.2) is 13.9 Å². The average Bonchev–Trinajstić information content (AvgIpc) is 3.08. The van der Waals surface area contributed by atoms with Gasteiger partial charge in [-0.1, -0.05) is 18.2 Å². The van der Waals surface area contributed by atoms with E-state index in [0.717, 1.165) is 10.2 Å². The number of carbonyl (C=O) groups excluding carboxylic acids is 2. The molecule has 32 heavy (non-hydrogen) atoms. The molecule has 2 aromatic heterocycles.